The van der Waals surface area contributed by atoms with Crippen LogP contribution < -0.4 is 0 Å². The predicted molar refractivity (Wildman–Crippen MR) is 69.3 cm³/mol. The number of allylic oxidation sites excluding steroid dienone is 1. The SMILES string of the molecule is O=C(C1=CCCCCC1)N1CCC(c2nn[nH]n2)C1. The van der Waals surface area contributed by atoms with Crippen LogP contribution in [0.1, 0.15) is 50.3 Å². The van der Waals surface area contributed by atoms with Crippen LogP contribution in [0.5, 0.6) is 0 Å². The van der Waals surface area contributed by atoms with E-state index in [1.165, 1.54) is 12.8 Å². The Morgan fingerprint density at radius 2 is 2.32 bits per heavy atom. The minimum Gasteiger partial charge on any atom is -0.338 e. The number of carbonyl (C=O) groups is 1. The molecule has 19 heavy (non-hydrogen) atoms. The number of aromatic nitrogens is 4. The van der Waals surface area contributed by atoms with E-state index in [0.717, 1.165) is 50.2 Å². The van der Waals surface area contributed by atoms with E-state index in [9.17, 15) is 4.79 Å². The van der Waals surface area contributed by atoms with Crippen LogP contribution in [0.3, 0.4) is 0 Å². The third-order valence-electron chi connectivity index (χ3n) is 4.02. The van der Waals surface area contributed by atoms with Gasteiger partial charge in [0.15, 0.2) is 5.82 Å². The molecule has 1 fully saturated rings. The number of hydrogen-bond donors (Lipinski definition) is 1. The molecule has 6 nitrogen and oxygen atoms in total. The van der Waals surface area contributed by atoms with Crippen LogP contribution >= 0.6 is 0 Å². The first-order valence-corrected chi connectivity index (χ1v) is 7.06. The van der Waals surface area contributed by atoms with Gasteiger partial charge in [-0.15, -0.1) is 10.2 Å². The molecule has 0 saturated carbocycles. The van der Waals surface area contributed by atoms with Gasteiger partial charge < -0.3 is 4.90 Å². The molecule has 1 aliphatic heterocycles. The number of H-pyrrole nitrogens is 1. The first-order chi connectivity index (χ1) is 9.34. The summed E-state index contributed by atoms with van der Waals surface area (Å²) in [6, 6.07) is 0. The Balaban J connectivity index is 1.64. The first kappa shape index (κ1) is 12.3. The van der Waals surface area contributed by atoms with Crippen molar-refractivity contribution < 1.29 is 4.79 Å². The molecule has 1 saturated heterocycles. The summed E-state index contributed by atoms with van der Waals surface area (Å²) in [6.07, 6.45) is 8.63. The van der Waals surface area contributed by atoms with Gasteiger partial charge in [0.05, 0.1) is 0 Å². The largest absolute Gasteiger partial charge is 0.338 e. The molecule has 1 N–H and O–H groups in total. The Morgan fingerprint density at radius 3 is 3.16 bits per heavy atom. The maximum Gasteiger partial charge on any atom is 0.249 e. The summed E-state index contributed by atoms with van der Waals surface area (Å²) in [7, 11) is 0. The lowest BCUT2D eigenvalue weighted by Gasteiger charge is -2.17. The quantitative estimate of drug-likeness (QED) is 0.873. The lowest BCUT2D eigenvalue weighted by Crippen LogP contribution is -2.29. The first-order valence-electron chi connectivity index (χ1n) is 7.06. The second-order valence-corrected chi connectivity index (χ2v) is 5.34. The van der Waals surface area contributed by atoms with Crippen molar-refractivity contribution in [2.75, 3.05) is 13.1 Å². The number of amides is 1. The highest BCUT2D eigenvalue weighted by atomic mass is 16.2. The molecule has 2 heterocycles. The van der Waals surface area contributed by atoms with Gasteiger partial charge in [-0.1, -0.05) is 17.7 Å². The number of hydrogen-bond acceptors (Lipinski definition) is 4. The highest BCUT2D eigenvalue weighted by Gasteiger charge is 2.31. The highest BCUT2D eigenvalue weighted by Crippen LogP contribution is 2.27. The van der Waals surface area contributed by atoms with Gasteiger partial charge in [0.2, 0.25) is 5.91 Å². The fourth-order valence-corrected chi connectivity index (χ4v) is 2.91. The van der Waals surface area contributed by atoms with Crippen molar-refractivity contribution >= 4 is 5.91 Å². The molecule has 6 heteroatoms. The van der Waals surface area contributed by atoms with Crippen molar-refractivity contribution in [3.05, 3.63) is 17.5 Å². The molecular weight excluding hydrogens is 242 g/mol. The van der Waals surface area contributed by atoms with E-state index in [2.05, 4.69) is 26.7 Å². The van der Waals surface area contributed by atoms with Gasteiger partial charge >= 0.3 is 0 Å². The Morgan fingerprint density at radius 1 is 1.37 bits per heavy atom. The van der Waals surface area contributed by atoms with Gasteiger partial charge in [0, 0.05) is 24.6 Å². The van der Waals surface area contributed by atoms with Crippen LogP contribution in [0, 0.1) is 0 Å². The Hall–Kier alpha value is -1.72. The number of nitrogens with one attached hydrogen (secondary N) is 1. The molecule has 1 atom stereocenters. The molecule has 1 aromatic rings. The molecule has 1 amide bonds. The van der Waals surface area contributed by atoms with E-state index in [4.69, 9.17) is 0 Å². The van der Waals surface area contributed by atoms with Gasteiger partial charge in [0.25, 0.3) is 0 Å². The number of carbonyl (C=O) groups excluding carboxylic acids is 1. The molecule has 0 bridgehead atoms. The van der Waals surface area contributed by atoms with Gasteiger partial charge in [-0.3, -0.25) is 4.79 Å². The van der Waals surface area contributed by atoms with Crippen LogP contribution in [0.4, 0.5) is 0 Å². The van der Waals surface area contributed by atoms with Gasteiger partial charge in [-0.25, -0.2) is 0 Å². The topological polar surface area (TPSA) is 74.8 Å². The lowest BCUT2D eigenvalue weighted by molar-refractivity contribution is -0.126. The van der Waals surface area contributed by atoms with Crippen molar-refractivity contribution in [2.24, 2.45) is 0 Å². The van der Waals surface area contributed by atoms with Gasteiger partial charge in [-0.05, 0) is 32.1 Å². The average Bonchev–Trinajstić information content (AvgIpc) is 3.04. The maximum absolute atomic E-state index is 12.5. The zero-order valence-electron chi connectivity index (χ0n) is 11.0. The van der Waals surface area contributed by atoms with Crippen molar-refractivity contribution in [2.45, 2.75) is 44.4 Å². The molecule has 2 aliphatic rings. The minimum atomic E-state index is 0.216. The summed E-state index contributed by atoms with van der Waals surface area (Å²) in [6.45, 7) is 1.52. The Labute approximate surface area is 112 Å². The number of rotatable bonds is 2. The average molecular weight is 261 g/mol. The summed E-state index contributed by atoms with van der Waals surface area (Å²) in [5, 5.41) is 14.1. The van der Waals surface area contributed by atoms with Crippen molar-refractivity contribution in [3.8, 4) is 0 Å². The second kappa shape index (κ2) is 5.50. The highest BCUT2D eigenvalue weighted by molar-refractivity contribution is 5.93. The Kier molecular flexibility index (Phi) is 3.57. The number of aromatic amines is 1. The summed E-state index contributed by atoms with van der Waals surface area (Å²) in [5.74, 6) is 1.17. The lowest BCUT2D eigenvalue weighted by atomic mass is 10.1. The molecule has 0 aromatic carbocycles. The van der Waals surface area contributed by atoms with E-state index in [-0.39, 0.29) is 11.8 Å². The van der Waals surface area contributed by atoms with Crippen LogP contribution in [0.15, 0.2) is 11.6 Å². The molecule has 0 radical (unpaired) electrons. The van der Waals surface area contributed by atoms with E-state index >= 15 is 0 Å². The van der Waals surface area contributed by atoms with Crippen molar-refractivity contribution in [1.82, 2.24) is 25.5 Å². The van der Waals surface area contributed by atoms with Crippen LogP contribution in [-0.2, 0) is 4.79 Å². The summed E-state index contributed by atoms with van der Waals surface area (Å²) >= 11 is 0. The number of tetrazole rings is 1. The zero-order valence-corrected chi connectivity index (χ0v) is 11.0. The zero-order chi connectivity index (χ0) is 13.1. The van der Waals surface area contributed by atoms with Crippen molar-refractivity contribution in [3.63, 3.8) is 0 Å². The van der Waals surface area contributed by atoms with Crippen LogP contribution in [0.25, 0.3) is 0 Å². The van der Waals surface area contributed by atoms with E-state index in [0.29, 0.717) is 0 Å². The molecular formula is C13H19N5O. The monoisotopic (exact) mass is 261 g/mol. The molecule has 0 spiro atoms. The number of nitrogens with zero attached hydrogens (tertiary/aromatic N) is 4. The smallest absolute Gasteiger partial charge is 0.249 e. The fourth-order valence-electron chi connectivity index (χ4n) is 2.91. The molecule has 1 aromatic heterocycles. The third-order valence-corrected chi connectivity index (χ3v) is 4.02. The standard InChI is InChI=1S/C13H19N5O/c19-13(10-5-3-1-2-4-6-10)18-8-7-11(9-18)12-14-16-17-15-12/h5,11H,1-4,6-9H2,(H,14,15,16,17). The fraction of sp³-hybridized carbons (Fsp3) is 0.692. The normalized spacial score (nSPS) is 24.1. The molecule has 1 unspecified atom stereocenters. The van der Waals surface area contributed by atoms with Crippen molar-refractivity contribution in [1.29, 1.82) is 0 Å². The maximum atomic E-state index is 12.5. The molecule has 3 rings (SSSR count). The summed E-state index contributed by atoms with van der Waals surface area (Å²) in [4.78, 5) is 14.4. The van der Waals surface area contributed by atoms with Crippen LogP contribution in [0.2, 0.25) is 0 Å². The van der Waals surface area contributed by atoms with E-state index < -0.39 is 0 Å². The second-order valence-electron chi connectivity index (χ2n) is 5.34. The predicted octanol–water partition coefficient (Wildman–Crippen LogP) is 1.41. The third kappa shape index (κ3) is 2.67. The number of likely N-dealkylation sites (tertiary alicyclic amines) is 1. The van der Waals surface area contributed by atoms with E-state index in [1.54, 1.807) is 0 Å². The summed E-state index contributed by atoms with van der Waals surface area (Å²) < 4.78 is 0. The minimum absolute atomic E-state index is 0.216. The Bertz CT molecular complexity index is 467. The molecule has 1 aliphatic carbocycles. The van der Waals surface area contributed by atoms with Gasteiger partial charge in [-0.2, -0.15) is 5.21 Å². The van der Waals surface area contributed by atoms with E-state index in [1.807, 2.05) is 4.90 Å². The molecule has 102 valence electrons. The van der Waals surface area contributed by atoms with Crippen LogP contribution in [-0.4, -0.2) is 44.5 Å². The summed E-state index contributed by atoms with van der Waals surface area (Å²) in [5.41, 5.74) is 1.01. The van der Waals surface area contributed by atoms with Gasteiger partial charge in [0.1, 0.15) is 0 Å².